The van der Waals surface area contributed by atoms with Gasteiger partial charge in [0.2, 0.25) is 5.82 Å². The lowest BCUT2D eigenvalue weighted by molar-refractivity contribution is -0.274. The Morgan fingerprint density at radius 3 is 2.74 bits per heavy atom. The van der Waals surface area contributed by atoms with Gasteiger partial charge in [-0.3, -0.25) is 15.6 Å². The summed E-state index contributed by atoms with van der Waals surface area (Å²) in [6.45, 7) is 6.01. The minimum absolute atomic E-state index is 0.323. The summed E-state index contributed by atoms with van der Waals surface area (Å²) in [7, 11) is 1.95. The molecule has 13 heteroatoms. The highest BCUT2D eigenvalue weighted by atomic mass is 19.4. The van der Waals surface area contributed by atoms with Crippen LogP contribution in [0.3, 0.4) is 0 Å². The van der Waals surface area contributed by atoms with Crippen molar-refractivity contribution in [3.05, 3.63) is 35.8 Å². The Labute approximate surface area is 194 Å². The van der Waals surface area contributed by atoms with Crippen molar-refractivity contribution in [1.82, 2.24) is 30.0 Å². The minimum Gasteiger partial charge on any atom is -0.490 e. The van der Waals surface area contributed by atoms with Gasteiger partial charge in [-0.1, -0.05) is 12.1 Å². The summed E-state index contributed by atoms with van der Waals surface area (Å²) < 4.78 is 55.3. The van der Waals surface area contributed by atoms with Crippen LogP contribution in [0.1, 0.15) is 5.82 Å². The lowest BCUT2D eigenvalue weighted by Crippen LogP contribution is -2.52. The molecular formula is C21H26F3N7O3. The number of ether oxygens (including phenoxy) is 3. The van der Waals surface area contributed by atoms with Crippen LogP contribution in [0.4, 0.5) is 13.2 Å². The van der Waals surface area contributed by atoms with E-state index in [4.69, 9.17) is 9.47 Å². The molecule has 34 heavy (non-hydrogen) atoms. The number of morpholine rings is 1. The van der Waals surface area contributed by atoms with Crippen LogP contribution < -0.4 is 15.5 Å². The molecule has 0 amide bonds. The monoisotopic (exact) mass is 481 g/mol. The van der Waals surface area contributed by atoms with Crippen molar-refractivity contribution < 1.29 is 27.4 Å². The second kappa shape index (κ2) is 9.31. The number of alkyl halides is 3. The third kappa shape index (κ3) is 4.76. The molecule has 5 rings (SSSR count). The molecular weight excluding hydrogens is 455 g/mol. The third-order valence-corrected chi connectivity index (χ3v) is 5.90. The van der Waals surface area contributed by atoms with Gasteiger partial charge in [0.05, 0.1) is 19.8 Å². The van der Waals surface area contributed by atoms with Crippen molar-refractivity contribution in [2.45, 2.75) is 12.5 Å². The standard InChI is InChI=1S/C21H26F3N7O3/c1-29-7-12-33-17-16(29)20-27-26-19(14-3-2-4-15(13-14)34-21(22,23)24)31(20)28-18(17)25-5-6-30-8-10-32-11-9-30/h2-4,13,18,25,28H,5-12H2,1H3. The van der Waals surface area contributed by atoms with E-state index in [2.05, 4.69) is 30.6 Å². The van der Waals surface area contributed by atoms with Crippen LogP contribution in [-0.4, -0.2) is 96.8 Å². The first-order valence-electron chi connectivity index (χ1n) is 11.1. The first-order chi connectivity index (χ1) is 16.4. The zero-order valence-corrected chi connectivity index (χ0v) is 18.6. The van der Waals surface area contributed by atoms with E-state index in [1.165, 1.54) is 18.2 Å². The highest BCUT2D eigenvalue weighted by Gasteiger charge is 2.36. The van der Waals surface area contributed by atoms with Gasteiger partial charge in [-0.25, -0.2) is 4.68 Å². The summed E-state index contributed by atoms with van der Waals surface area (Å²) in [6.07, 6.45) is -5.14. The van der Waals surface area contributed by atoms with Gasteiger partial charge in [0.1, 0.15) is 18.1 Å². The molecule has 184 valence electrons. The molecule has 1 fully saturated rings. The number of hydrogen-bond donors (Lipinski definition) is 2. The highest BCUT2D eigenvalue weighted by molar-refractivity contribution is 5.68. The number of fused-ring (bicyclic) bond motifs is 2. The molecule has 0 saturated carbocycles. The first-order valence-corrected chi connectivity index (χ1v) is 11.1. The van der Waals surface area contributed by atoms with Gasteiger partial charge in [0.15, 0.2) is 17.7 Å². The van der Waals surface area contributed by atoms with E-state index in [1.807, 2.05) is 11.9 Å². The molecule has 2 N–H and O–H groups in total. The number of nitrogens with zero attached hydrogens (tertiary/aromatic N) is 5. The number of hydrogen-bond acceptors (Lipinski definition) is 9. The minimum atomic E-state index is -4.78. The molecule has 10 nitrogen and oxygen atoms in total. The second-order valence-corrected chi connectivity index (χ2v) is 8.21. The summed E-state index contributed by atoms with van der Waals surface area (Å²) in [5.74, 6) is 1.29. The van der Waals surface area contributed by atoms with E-state index in [0.29, 0.717) is 36.9 Å². The fourth-order valence-electron chi connectivity index (χ4n) is 4.26. The largest absolute Gasteiger partial charge is 0.573 e. The maximum atomic E-state index is 12.7. The van der Waals surface area contributed by atoms with Gasteiger partial charge in [-0.15, -0.1) is 23.4 Å². The molecule has 0 radical (unpaired) electrons. The van der Waals surface area contributed by atoms with Crippen LogP contribution in [-0.2, 0) is 9.47 Å². The van der Waals surface area contributed by atoms with Crippen LogP contribution in [0.5, 0.6) is 5.75 Å². The van der Waals surface area contributed by atoms with E-state index in [1.54, 1.807) is 10.7 Å². The van der Waals surface area contributed by atoms with Crippen molar-refractivity contribution in [2.75, 3.05) is 65.0 Å². The van der Waals surface area contributed by atoms with E-state index in [0.717, 1.165) is 44.3 Å². The van der Waals surface area contributed by atoms with E-state index in [-0.39, 0.29) is 11.9 Å². The summed E-state index contributed by atoms with van der Waals surface area (Å²) in [6, 6.07) is 5.68. The van der Waals surface area contributed by atoms with Gasteiger partial charge in [-0.05, 0) is 12.1 Å². The predicted molar refractivity (Wildman–Crippen MR) is 116 cm³/mol. The maximum Gasteiger partial charge on any atom is 0.573 e. The number of aromatic nitrogens is 3. The summed E-state index contributed by atoms with van der Waals surface area (Å²) in [4.78, 5) is 4.37. The van der Waals surface area contributed by atoms with Crippen molar-refractivity contribution >= 4 is 5.70 Å². The molecule has 1 atom stereocenters. The topological polar surface area (TPSA) is 88.9 Å². The van der Waals surface area contributed by atoms with Crippen molar-refractivity contribution in [3.63, 3.8) is 0 Å². The van der Waals surface area contributed by atoms with Gasteiger partial charge in [-0.2, -0.15) is 0 Å². The van der Waals surface area contributed by atoms with Crippen LogP contribution >= 0.6 is 0 Å². The Bertz CT molecular complexity index is 1050. The molecule has 0 aliphatic carbocycles. The lowest BCUT2D eigenvalue weighted by Gasteiger charge is -2.38. The number of rotatable bonds is 6. The zero-order chi connectivity index (χ0) is 23.7. The van der Waals surface area contributed by atoms with Gasteiger partial charge < -0.3 is 19.1 Å². The first kappa shape index (κ1) is 22.7. The quantitative estimate of drug-likeness (QED) is 0.634. The SMILES string of the molecule is CN1CCOC2=C1c1nnc(-c3cccc(OC(F)(F)F)c3)n1NC2NCCN1CCOCC1. The van der Waals surface area contributed by atoms with Crippen molar-refractivity contribution in [1.29, 1.82) is 0 Å². The van der Waals surface area contributed by atoms with Crippen LogP contribution in [0, 0.1) is 0 Å². The predicted octanol–water partition coefficient (Wildman–Crippen LogP) is 1.28. The Balaban J connectivity index is 1.41. The Hall–Kier alpha value is -3.03. The molecule has 1 unspecified atom stereocenters. The number of nitrogens with one attached hydrogen (secondary N) is 2. The summed E-state index contributed by atoms with van der Waals surface area (Å²) in [5, 5.41) is 12.1. The normalized spacial score (nSPS) is 20.9. The molecule has 0 spiro atoms. The van der Waals surface area contributed by atoms with Crippen LogP contribution in [0.25, 0.3) is 17.1 Å². The zero-order valence-electron chi connectivity index (χ0n) is 18.6. The van der Waals surface area contributed by atoms with Crippen LogP contribution in [0.15, 0.2) is 30.0 Å². The molecule has 1 aromatic heterocycles. The fraction of sp³-hybridized carbons (Fsp3) is 0.524. The van der Waals surface area contributed by atoms with Gasteiger partial charge in [0.25, 0.3) is 0 Å². The highest BCUT2D eigenvalue weighted by Crippen LogP contribution is 2.33. The second-order valence-electron chi connectivity index (χ2n) is 8.21. The van der Waals surface area contributed by atoms with E-state index < -0.39 is 6.36 Å². The van der Waals surface area contributed by atoms with E-state index >= 15 is 0 Å². The average molecular weight is 481 g/mol. The molecule has 2 aromatic rings. The summed E-state index contributed by atoms with van der Waals surface area (Å²) >= 11 is 0. The third-order valence-electron chi connectivity index (χ3n) is 5.90. The summed E-state index contributed by atoms with van der Waals surface area (Å²) in [5.41, 5.74) is 4.56. The Morgan fingerprint density at radius 2 is 1.94 bits per heavy atom. The van der Waals surface area contributed by atoms with Gasteiger partial charge >= 0.3 is 6.36 Å². The maximum absolute atomic E-state index is 12.7. The molecule has 0 bridgehead atoms. The Kier molecular flexibility index (Phi) is 6.23. The van der Waals surface area contributed by atoms with Crippen molar-refractivity contribution in [2.24, 2.45) is 0 Å². The molecule has 1 aromatic carbocycles. The van der Waals surface area contributed by atoms with Gasteiger partial charge in [0, 0.05) is 38.8 Å². The van der Waals surface area contributed by atoms with E-state index in [9.17, 15) is 13.2 Å². The molecule has 3 aliphatic rings. The lowest BCUT2D eigenvalue weighted by atomic mass is 10.1. The molecule has 4 heterocycles. The van der Waals surface area contributed by atoms with Crippen molar-refractivity contribution in [3.8, 4) is 17.1 Å². The number of benzene rings is 1. The molecule has 3 aliphatic heterocycles. The smallest absolute Gasteiger partial charge is 0.490 e. The van der Waals surface area contributed by atoms with Crippen LogP contribution in [0.2, 0.25) is 0 Å². The fourth-order valence-corrected chi connectivity index (χ4v) is 4.26. The Morgan fingerprint density at radius 1 is 1.15 bits per heavy atom. The number of likely N-dealkylation sites (N-methyl/N-ethyl adjacent to an activating group) is 1. The molecule has 1 saturated heterocycles. The number of halogens is 3. The average Bonchev–Trinajstić information content (AvgIpc) is 3.23.